The van der Waals surface area contributed by atoms with E-state index in [9.17, 15) is 19.7 Å². The van der Waals surface area contributed by atoms with Gasteiger partial charge in [0.15, 0.2) is 6.10 Å². The zero-order valence-electron chi connectivity index (χ0n) is 16.3. The van der Waals surface area contributed by atoms with E-state index in [2.05, 4.69) is 10.3 Å². The molecule has 0 aliphatic rings. The lowest BCUT2D eigenvalue weighted by Gasteiger charge is -2.15. The number of nitro benzene ring substituents is 1. The first-order chi connectivity index (χ1) is 14.4. The van der Waals surface area contributed by atoms with E-state index in [4.69, 9.17) is 9.47 Å². The lowest BCUT2D eigenvalue weighted by molar-refractivity contribution is -0.384. The molecule has 0 radical (unpaired) electrons. The maximum atomic E-state index is 12.4. The summed E-state index contributed by atoms with van der Waals surface area (Å²) in [6.07, 6.45) is -0.597. The standard InChI is InChI=1S/C20H19N3O6S/c1-12(20(25)22-15-11-13(23(26)27)7-8-16(15)28-2)29-19(24)10-9-18-21-14-5-3-4-6-17(14)30-18/h3-8,11-12H,9-10H2,1-2H3,(H,22,25). The van der Waals surface area contributed by atoms with Gasteiger partial charge in [-0.25, -0.2) is 4.98 Å². The van der Waals surface area contributed by atoms with E-state index in [0.717, 1.165) is 15.2 Å². The first-order valence-corrected chi connectivity index (χ1v) is 9.86. The minimum Gasteiger partial charge on any atom is -0.495 e. The number of ether oxygens (including phenoxy) is 2. The molecule has 0 aliphatic heterocycles. The number of carbonyl (C=O) groups is 2. The Kier molecular flexibility index (Phi) is 6.58. The van der Waals surface area contributed by atoms with E-state index in [1.807, 2.05) is 24.3 Å². The van der Waals surface area contributed by atoms with Crippen LogP contribution >= 0.6 is 11.3 Å². The third kappa shape index (κ3) is 5.09. The van der Waals surface area contributed by atoms with Crippen LogP contribution in [0.1, 0.15) is 18.4 Å². The molecular weight excluding hydrogens is 410 g/mol. The number of hydrogen-bond donors (Lipinski definition) is 1. The van der Waals surface area contributed by atoms with Crippen LogP contribution in [0.2, 0.25) is 0 Å². The maximum absolute atomic E-state index is 12.4. The Morgan fingerprint density at radius 2 is 2.03 bits per heavy atom. The molecule has 1 atom stereocenters. The molecule has 3 aromatic rings. The molecule has 0 fully saturated rings. The first-order valence-electron chi connectivity index (χ1n) is 9.04. The second-order valence-corrected chi connectivity index (χ2v) is 7.45. The third-order valence-electron chi connectivity index (χ3n) is 4.21. The number of thiazole rings is 1. The molecule has 3 rings (SSSR count). The summed E-state index contributed by atoms with van der Waals surface area (Å²) in [6, 6.07) is 11.5. The lowest BCUT2D eigenvalue weighted by Crippen LogP contribution is -2.30. The van der Waals surface area contributed by atoms with Crippen molar-refractivity contribution in [2.24, 2.45) is 0 Å². The normalized spacial score (nSPS) is 11.7. The molecule has 9 nitrogen and oxygen atoms in total. The molecule has 1 aromatic heterocycles. The fraction of sp³-hybridized carbons (Fsp3) is 0.250. The number of esters is 1. The predicted octanol–water partition coefficient (Wildman–Crippen LogP) is 3.72. The van der Waals surface area contributed by atoms with Crippen LogP contribution in [0, 0.1) is 10.1 Å². The van der Waals surface area contributed by atoms with Crippen LogP contribution in [0.25, 0.3) is 10.2 Å². The van der Waals surface area contributed by atoms with Crippen LogP contribution in [0.15, 0.2) is 42.5 Å². The largest absolute Gasteiger partial charge is 0.495 e. The summed E-state index contributed by atoms with van der Waals surface area (Å²) in [6.45, 7) is 1.43. The molecule has 2 aromatic carbocycles. The van der Waals surface area contributed by atoms with Gasteiger partial charge in [0.1, 0.15) is 5.75 Å². The molecule has 156 valence electrons. The van der Waals surface area contributed by atoms with Crippen LogP contribution in [0.5, 0.6) is 5.75 Å². The first kappa shape index (κ1) is 21.2. The van der Waals surface area contributed by atoms with E-state index in [-0.39, 0.29) is 23.5 Å². The second kappa shape index (κ2) is 9.31. The van der Waals surface area contributed by atoms with E-state index in [1.54, 1.807) is 0 Å². The highest BCUT2D eigenvalue weighted by Crippen LogP contribution is 2.29. The van der Waals surface area contributed by atoms with Gasteiger partial charge in [-0.2, -0.15) is 0 Å². The highest BCUT2D eigenvalue weighted by atomic mass is 32.1. The van der Waals surface area contributed by atoms with Gasteiger partial charge in [-0.05, 0) is 25.1 Å². The highest BCUT2D eigenvalue weighted by Gasteiger charge is 2.21. The number of carbonyl (C=O) groups excluding carboxylic acids is 2. The number of aryl methyl sites for hydroxylation is 1. The van der Waals surface area contributed by atoms with Crippen LogP contribution in [0.4, 0.5) is 11.4 Å². The topological polar surface area (TPSA) is 121 Å². The van der Waals surface area contributed by atoms with Crippen LogP contribution in [0.3, 0.4) is 0 Å². The van der Waals surface area contributed by atoms with Gasteiger partial charge in [-0.1, -0.05) is 12.1 Å². The van der Waals surface area contributed by atoms with Crippen LogP contribution in [-0.4, -0.2) is 35.0 Å². The number of rotatable bonds is 8. The SMILES string of the molecule is COc1ccc([N+](=O)[O-])cc1NC(=O)C(C)OC(=O)CCc1nc2ccccc2s1. The third-order valence-corrected chi connectivity index (χ3v) is 5.31. The van der Waals surface area contributed by atoms with E-state index in [0.29, 0.717) is 6.42 Å². The van der Waals surface area contributed by atoms with Gasteiger partial charge >= 0.3 is 5.97 Å². The number of nitro groups is 1. The summed E-state index contributed by atoms with van der Waals surface area (Å²) in [5.41, 5.74) is 0.796. The van der Waals surface area contributed by atoms with E-state index >= 15 is 0 Å². The van der Waals surface area contributed by atoms with Crippen molar-refractivity contribution >= 4 is 44.8 Å². The number of nitrogens with one attached hydrogen (secondary N) is 1. The van der Waals surface area contributed by atoms with Crippen molar-refractivity contribution < 1.29 is 24.0 Å². The quantitative estimate of drug-likeness (QED) is 0.329. The number of anilines is 1. The Morgan fingerprint density at radius 3 is 2.73 bits per heavy atom. The predicted molar refractivity (Wildman–Crippen MR) is 112 cm³/mol. The Hall–Kier alpha value is -3.53. The molecule has 1 heterocycles. The minimum atomic E-state index is -1.09. The Balaban J connectivity index is 1.56. The van der Waals surface area contributed by atoms with Crippen molar-refractivity contribution in [3.8, 4) is 5.75 Å². The number of nitrogens with zero attached hydrogens (tertiary/aromatic N) is 2. The Morgan fingerprint density at radius 1 is 1.27 bits per heavy atom. The number of para-hydroxylation sites is 1. The van der Waals surface area contributed by atoms with Crippen molar-refractivity contribution in [3.05, 3.63) is 57.6 Å². The molecule has 1 unspecified atom stereocenters. The zero-order valence-corrected chi connectivity index (χ0v) is 17.1. The Bertz CT molecular complexity index is 1060. The smallest absolute Gasteiger partial charge is 0.306 e. The molecule has 1 amide bonds. The number of hydrogen-bond acceptors (Lipinski definition) is 8. The lowest BCUT2D eigenvalue weighted by atomic mass is 10.2. The van der Waals surface area contributed by atoms with Crippen molar-refractivity contribution in [3.63, 3.8) is 0 Å². The number of non-ortho nitro benzene ring substituents is 1. The van der Waals surface area contributed by atoms with Gasteiger partial charge in [0.25, 0.3) is 11.6 Å². The molecule has 0 aliphatic carbocycles. The zero-order chi connectivity index (χ0) is 21.7. The number of methoxy groups -OCH3 is 1. The molecule has 0 bridgehead atoms. The second-order valence-electron chi connectivity index (χ2n) is 6.34. The summed E-state index contributed by atoms with van der Waals surface area (Å²) < 4.78 is 11.3. The highest BCUT2D eigenvalue weighted by molar-refractivity contribution is 7.18. The van der Waals surface area contributed by atoms with Gasteiger partial charge in [-0.15, -0.1) is 11.3 Å². The van der Waals surface area contributed by atoms with Crippen LogP contribution < -0.4 is 10.1 Å². The summed E-state index contributed by atoms with van der Waals surface area (Å²) in [5, 5.41) is 14.3. The fourth-order valence-electron chi connectivity index (χ4n) is 2.69. The van der Waals surface area contributed by atoms with Crippen molar-refractivity contribution in [1.82, 2.24) is 4.98 Å². The average molecular weight is 429 g/mol. The maximum Gasteiger partial charge on any atom is 0.306 e. The molecule has 0 saturated carbocycles. The number of amides is 1. The molecular formula is C20H19N3O6S. The summed E-state index contributed by atoms with van der Waals surface area (Å²) in [4.78, 5) is 39.3. The number of aromatic nitrogens is 1. The van der Waals surface area contributed by atoms with Gasteiger partial charge in [-0.3, -0.25) is 19.7 Å². The average Bonchev–Trinajstić information content (AvgIpc) is 3.15. The van der Waals surface area contributed by atoms with E-state index in [1.165, 1.54) is 43.6 Å². The van der Waals surface area contributed by atoms with Gasteiger partial charge in [0, 0.05) is 18.6 Å². The van der Waals surface area contributed by atoms with Crippen molar-refractivity contribution in [1.29, 1.82) is 0 Å². The summed E-state index contributed by atoms with van der Waals surface area (Å²) >= 11 is 1.51. The molecule has 30 heavy (non-hydrogen) atoms. The van der Waals surface area contributed by atoms with Gasteiger partial charge < -0.3 is 14.8 Å². The monoisotopic (exact) mass is 429 g/mol. The molecule has 0 spiro atoms. The van der Waals surface area contributed by atoms with Gasteiger partial charge in [0.2, 0.25) is 0 Å². The molecule has 0 saturated heterocycles. The van der Waals surface area contributed by atoms with Crippen LogP contribution in [-0.2, 0) is 20.7 Å². The Labute approximate surface area is 175 Å². The number of benzene rings is 2. The van der Waals surface area contributed by atoms with Crippen molar-refractivity contribution in [2.45, 2.75) is 25.9 Å². The molecule has 10 heteroatoms. The number of fused-ring (bicyclic) bond motifs is 1. The molecule has 1 N–H and O–H groups in total. The minimum absolute atomic E-state index is 0.0809. The van der Waals surface area contributed by atoms with Gasteiger partial charge in [0.05, 0.1) is 39.4 Å². The van der Waals surface area contributed by atoms with E-state index < -0.39 is 22.9 Å². The van der Waals surface area contributed by atoms with Crippen molar-refractivity contribution in [2.75, 3.05) is 12.4 Å². The summed E-state index contributed by atoms with van der Waals surface area (Å²) in [7, 11) is 1.38. The fourth-order valence-corrected chi connectivity index (χ4v) is 3.65. The summed E-state index contributed by atoms with van der Waals surface area (Å²) in [5.74, 6) is -0.909.